The van der Waals surface area contributed by atoms with E-state index in [2.05, 4.69) is 52.2 Å². The van der Waals surface area contributed by atoms with E-state index in [0.717, 1.165) is 18.1 Å². The summed E-state index contributed by atoms with van der Waals surface area (Å²) in [4.78, 5) is 13.1. The molecule has 118 valence electrons. The van der Waals surface area contributed by atoms with E-state index >= 15 is 0 Å². The van der Waals surface area contributed by atoms with Crippen molar-refractivity contribution in [1.29, 1.82) is 0 Å². The normalized spacial score (nSPS) is 16.7. The standard InChI is InChI=1S/C19H21N3S/c1-22(11-14-7-3-2-4-8-14)19-18-15-9-5-6-10-17(15)23-12-16(18)20-13-21-19/h2-4,7-8,13H,5-6,9-12H2,1H3. The molecule has 1 aliphatic carbocycles. The number of hydrogen-bond acceptors (Lipinski definition) is 4. The molecule has 2 heterocycles. The number of fused-ring (bicyclic) bond motifs is 2. The molecule has 4 heteroatoms. The van der Waals surface area contributed by atoms with Gasteiger partial charge < -0.3 is 4.90 Å². The second-order valence-electron chi connectivity index (χ2n) is 6.26. The van der Waals surface area contributed by atoms with Gasteiger partial charge in [0.1, 0.15) is 12.1 Å². The summed E-state index contributed by atoms with van der Waals surface area (Å²) in [6, 6.07) is 10.6. The molecular weight excluding hydrogens is 302 g/mol. The molecule has 1 aromatic heterocycles. The van der Waals surface area contributed by atoms with E-state index in [-0.39, 0.29) is 0 Å². The summed E-state index contributed by atoms with van der Waals surface area (Å²) in [6.45, 7) is 0.875. The van der Waals surface area contributed by atoms with Crippen molar-refractivity contribution in [2.24, 2.45) is 0 Å². The van der Waals surface area contributed by atoms with Crippen LogP contribution in [0.25, 0.3) is 5.57 Å². The minimum atomic E-state index is 0.875. The van der Waals surface area contributed by atoms with Crippen molar-refractivity contribution in [2.75, 3.05) is 11.9 Å². The van der Waals surface area contributed by atoms with Crippen LogP contribution in [0.15, 0.2) is 41.6 Å². The van der Waals surface area contributed by atoms with Crippen LogP contribution in [0.1, 0.15) is 42.5 Å². The predicted molar refractivity (Wildman–Crippen MR) is 97.3 cm³/mol. The number of benzene rings is 1. The maximum Gasteiger partial charge on any atom is 0.139 e. The van der Waals surface area contributed by atoms with E-state index in [1.807, 2.05) is 11.8 Å². The Bertz CT molecular complexity index is 740. The van der Waals surface area contributed by atoms with Gasteiger partial charge in [-0.3, -0.25) is 0 Å². The van der Waals surface area contributed by atoms with Gasteiger partial charge in [-0.2, -0.15) is 0 Å². The highest BCUT2D eigenvalue weighted by molar-refractivity contribution is 8.02. The molecule has 0 spiro atoms. The first-order chi connectivity index (χ1) is 11.3. The SMILES string of the molecule is CN(Cc1ccccc1)c1ncnc2c1C1=C(CCCC1)SC2. The lowest BCUT2D eigenvalue weighted by Crippen LogP contribution is -2.22. The Balaban J connectivity index is 1.72. The Kier molecular flexibility index (Phi) is 4.08. The lowest BCUT2D eigenvalue weighted by atomic mass is 9.92. The molecule has 2 aliphatic rings. The summed E-state index contributed by atoms with van der Waals surface area (Å²) in [5.74, 6) is 2.08. The molecule has 1 aromatic carbocycles. The lowest BCUT2D eigenvalue weighted by Gasteiger charge is -2.30. The van der Waals surface area contributed by atoms with Crippen LogP contribution in [-0.2, 0) is 12.3 Å². The minimum Gasteiger partial charge on any atom is -0.355 e. The van der Waals surface area contributed by atoms with Crippen molar-refractivity contribution in [1.82, 2.24) is 9.97 Å². The lowest BCUT2D eigenvalue weighted by molar-refractivity contribution is 0.730. The molecule has 23 heavy (non-hydrogen) atoms. The number of anilines is 1. The molecule has 0 atom stereocenters. The number of nitrogens with zero attached hydrogens (tertiary/aromatic N) is 3. The minimum absolute atomic E-state index is 0.875. The van der Waals surface area contributed by atoms with Gasteiger partial charge in [0.15, 0.2) is 0 Å². The third kappa shape index (κ3) is 2.88. The van der Waals surface area contributed by atoms with Crippen molar-refractivity contribution in [3.8, 4) is 0 Å². The van der Waals surface area contributed by atoms with E-state index in [1.54, 1.807) is 11.2 Å². The van der Waals surface area contributed by atoms with Gasteiger partial charge in [0.25, 0.3) is 0 Å². The summed E-state index contributed by atoms with van der Waals surface area (Å²) < 4.78 is 0. The van der Waals surface area contributed by atoms with Gasteiger partial charge in [-0.05, 0) is 41.7 Å². The fourth-order valence-corrected chi connectivity index (χ4v) is 4.71. The Hall–Kier alpha value is -1.81. The molecule has 0 unspecified atom stereocenters. The van der Waals surface area contributed by atoms with Gasteiger partial charge in [-0.25, -0.2) is 9.97 Å². The second kappa shape index (κ2) is 6.36. The largest absolute Gasteiger partial charge is 0.355 e. The van der Waals surface area contributed by atoms with Crippen molar-refractivity contribution < 1.29 is 0 Å². The first-order valence-electron chi connectivity index (χ1n) is 8.27. The highest BCUT2D eigenvalue weighted by atomic mass is 32.2. The van der Waals surface area contributed by atoms with Crippen molar-refractivity contribution in [3.05, 3.63) is 58.4 Å². The van der Waals surface area contributed by atoms with Crippen molar-refractivity contribution >= 4 is 23.2 Å². The number of hydrogen-bond donors (Lipinski definition) is 0. The molecule has 0 fully saturated rings. The van der Waals surface area contributed by atoms with Gasteiger partial charge in [-0.15, -0.1) is 11.8 Å². The third-order valence-electron chi connectivity index (χ3n) is 4.63. The van der Waals surface area contributed by atoms with Crippen LogP contribution in [0.4, 0.5) is 5.82 Å². The van der Waals surface area contributed by atoms with Gasteiger partial charge in [0.2, 0.25) is 0 Å². The Morgan fingerprint density at radius 1 is 1.09 bits per heavy atom. The molecule has 0 saturated carbocycles. The third-order valence-corrected chi connectivity index (χ3v) is 5.85. The zero-order valence-corrected chi connectivity index (χ0v) is 14.3. The topological polar surface area (TPSA) is 29.0 Å². The fraction of sp³-hybridized carbons (Fsp3) is 0.368. The van der Waals surface area contributed by atoms with Gasteiger partial charge in [-0.1, -0.05) is 30.3 Å². The number of allylic oxidation sites excluding steroid dienone is 2. The fourth-order valence-electron chi connectivity index (χ4n) is 3.51. The van der Waals surface area contributed by atoms with Crippen LogP contribution < -0.4 is 4.90 Å². The van der Waals surface area contributed by atoms with Crippen LogP contribution in [0.5, 0.6) is 0 Å². The van der Waals surface area contributed by atoms with Gasteiger partial charge >= 0.3 is 0 Å². The molecule has 2 aromatic rings. The summed E-state index contributed by atoms with van der Waals surface area (Å²) in [5.41, 5.74) is 5.35. The maximum absolute atomic E-state index is 4.65. The maximum atomic E-state index is 4.65. The average molecular weight is 323 g/mol. The second-order valence-corrected chi connectivity index (χ2v) is 7.33. The highest BCUT2D eigenvalue weighted by Gasteiger charge is 2.27. The predicted octanol–water partition coefficient (Wildman–Crippen LogP) is 4.64. The van der Waals surface area contributed by atoms with E-state index in [0.29, 0.717) is 0 Å². The van der Waals surface area contributed by atoms with Crippen LogP contribution in [0.2, 0.25) is 0 Å². The van der Waals surface area contributed by atoms with Gasteiger partial charge in [0.05, 0.1) is 5.69 Å². The number of thioether (sulfide) groups is 1. The smallest absolute Gasteiger partial charge is 0.139 e. The van der Waals surface area contributed by atoms with Gasteiger partial charge in [0, 0.05) is 24.9 Å². The molecule has 0 saturated heterocycles. The van der Waals surface area contributed by atoms with Crippen molar-refractivity contribution in [2.45, 2.75) is 38.0 Å². The average Bonchev–Trinajstić information content (AvgIpc) is 2.62. The summed E-state index contributed by atoms with van der Waals surface area (Å²) in [7, 11) is 2.14. The first-order valence-corrected chi connectivity index (χ1v) is 9.25. The molecule has 0 amide bonds. The summed E-state index contributed by atoms with van der Waals surface area (Å²) in [6.07, 6.45) is 6.75. The molecule has 1 aliphatic heterocycles. The summed E-state index contributed by atoms with van der Waals surface area (Å²) >= 11 is 1.99. The number of rotatable bonds is 3. The van der Waals surface area contributed by atoms with Crippen LogP contribution in [0.3, 0.4) is 0 Å². The monoisotopic (exact) mass is 323 g/mol. The number of aromatic nitrogens is 2. The highest BCUT2D eigenvalue weighted by Crippen LogP contribution is 2.46. The zero-order chi connectivity index (χ0) is 15.6. The molecule has 3 nitrogen and oxygen atoms in total. The van der Waals surface area contributed by atoms with Crippen molar-refractivity contribution in [3.63, 3.8) is 0 Å². The van der Waals surface area contributed by atoms with E-state index in [1.165, 1.54) is 48.1 Å². The zero-order valence-electron chi connectivity index (χ0n) is 13.5. The van der Waals surface area contributed by atoms with E-state index < -0.39 is 0 Å². The van der Waals surface area contributed by atoms with Crippen LogP contribution in [0, 0.1) is 0 Å². The van der Waals surface area contributed by atoms with E-state index in [9.17, 15) is 0 Å². The molecule has 0 bridgehead atoms. The Morgan fingerprint density at radius 3 is 2.78 bits per heavy atom. The van der Waals surface area contributed by atoms with Crippen LogP contribution >= 0.6 is 11.8 Å². The molecular formula is C19H21N3S. The molecule has 0 N–H and O–H groups in total. The quantitative estimate of drug-likeness (QED) is 0.822. The molecule has 0 radical (unpaired) electrons. The summed E-state index contributed by atoms with van der Waals surface area (Å²) in [5, 5.41) is 0. The van der Waals surface area contributed by atoms with E-state index in [4.69, 9.17) is 0 Å². The Morgan fingerprint density at radius 2 is 1.91 bits per heavy atom. The van der Waals surface area contributed by atoms with Crippen LogP contribution in [-0.4, -0.2) is 17.0 Å². The first kappa shape index (κ1) is 14.8. The molecule has 4 rings (SSSR count). The Labute approximate surface area is 141 Å².